The summed E-state index contributed by atoms with van der Waals surface area (Å²) >= 11 is 0. The Labute approximate surface area is 130 Å². The number of carbonyl (C=O) groups is 1. The minimum atomic E-state index is -3.44. The van der Waals surface area contributed by atoms with E-state index in [-0.39, 0.29) is 18.3 Å². The molecule has 0 unspecified atom stereocenters. The standard InChI is InChI=1S/C12H12N6O4S/c1-23(20,21)17-11-5-14-18(16-11)6-12(19)15-8-2-3-10-9(4-8)13-7-22-10/h2-5,7H,6H2,1H3,(H,15,19)(H,16,17). The molecule has 1 aromatic carbocycles. The lowest BCUT2D eigenvalue weighted by Crippen LogP contribution is -2.20. The van der Waals surface area contributed by atoms with Gasteiger partial charge in [0, 0.05) is 5.69 Å². The number of rotatable bonds is 5. The predicted molar refractivity (Wildman–Crippen MR) is 81.1 cm³/mol. The fourth-order valence-electron chi connectivity index (χ4n) is 1.87. The number of aromatic nitrogens is 4. The third-order valence-electron chi connectivity index (χ3n) is 2.73. The molecule has 2 heterocycles. The summed E-state index contributed by atoms with van der Waals surface area (Å²) in [5.41, 5.74) is 1.80. The van der Waals surface area contributed by atoms with E-state index in [4.69, 9.17) is 4.42 Å². The minimum Gasteiger partial charge on any atom is -0.443 e. The molecule has 10 nitrogen and oxygen atoms in total. The first-order valence-corrected chi connectivity index (χ1v) is 8.29. The van der Waals surface area contributed by atoms with Crippen molar-refractivity contribution in [3.8, 4) is 0 Å². The normalized spacial score (nSPS) is 11.5. The molecule has 0 atom stereocenters. The smallest absolute Gasteiger partial charge is 0.247 e. The number of oxazole rings is 1. The second-order valence-electron chi connectivity index (χ2n) is 4.72. The number of benzene rings is 1. The number of nitrogens with one attached hydrogen (secondary N) is 2. The Hall–Kier alpha value is -2.95. The van der Waals surface area contributed by atoms with Gasteiger partial charge in [-0.3, -0.25) is 9.52 Å². The maximum atomic E-state index is 12.0. The number of carbonyl (C=O) groups excluding carboxylic acids is 1. The number of nitrogens with zero attached hydrogens (tertiary/aromatic N) is 4. The van der Waals surface area contributed by atoms with Crippen LogP contribution in [0.3, 0.4) is 0 Å². The number of sulfonamides is 1. The molecular weight excluding hydrogens is 324 g/mol. The molecule has 0 aliphatic rings. The molecule has 23 heavy (non-hydrogen) atoms. The van der Waals surface area contributed by atoms with E-state index in [9.17, 15) is 13.2 Å². The largest absolute Gasteiger partial charge is 0.443 e. The second-order valence-corrected chi connectivity index (χ2v) is 6.47. The molecule has 0 aliphatic carbocycles. The number of amides is 1. The first kappa shape index (κ1) is 15.0. The summed E-state index contributed by atoms with van der Waals surface area (Å²) in [6.45, 7) is -0.164. The molecule has 0 bridgehead atoms. The summed E-state index contributed by atoms with van der Waals surface area (Å²) in [4.78, 5) is 17.0. The molecule has 0 fully saturated rings. The lowest BCUT2D eigenvalue weighted by Gasteiger charge is -2.04. The second kappa shape index (κ2) is 5.68. The van der Waals surface area contributed by atoms with Gasteiger partial charge < -0.3 is 9.73 Å². The minimum absolute atomic E-state index is 0.0457. The lowest BCUT2D eigenvalue weighted by molar-refractivity contribution is -0.117. The molecule has 2 N–H and O–H groups in total. The third kappa shape index (κ3) is 3.83. The van der Waals surface area contributed by atoms with Gasteiger partial charge in [-0.05, 0) is 18.2 Å². The molecule has 3 rings (SSSR count). The van der Waals surface area contributed by atoms with Crippen LogP contribution < -0.4 is 10.0 Å². The summed E-state index contributed by atoms with van der Waals surface area (Å²) in [6.07, 6.45) is 3.54. The Morgan fingerprint density at radius 1 is 1.39 bits per heavy atom. The van der Waals surface area contributed by atoms with Crippen molar-refractivity contribution < 1.29 is 17.6 Å². The molecular formula is C12H12N6O4S. The average Bonchev–Trinajstić information content (AvgIpc) is 3.05. The van der Waals surface area contributed by atoms with Gasteiger partial charge in [-0.2, -0.15) is 9.90 Å². The van der Waals surface area contributed by atoms with E-state index in [0.29, 0.717) is 16.8 Å². The fourth-order valence-corrected chi connectivity index (χ4v) is 2.35. The molecule has 120 valence electrons. The zero-order valence-corrected chi connectivity index (χ0v) is 12.7. The van der Waals surface area contributed by atoms with Gasteiger partial charge >= 0.3 is 0 Å². The first-order valence-electron chi connectivity index (χ1n) is 6.40. The molecule has 11 heteroatoms. The van der Waals surface area contributed by atoms with Crippen LogP contribution in [0.4, 0.5) is 11.5 Å². The van der Waals surface area contributed by atoms with Crippen LogP contribution in [0, 0.1) is 0 Å². The van der Waals surface area contributed by atoms with Crippen LogP contribution >= 0.6 is 0 Å². The van der Waals surface area contributed by atoms with Crippen LogP contribution in [0.5, 0.6) is 0 Å². The van der Waals surface area contributed by atoms with Crippen LogP contribution in [0.25, 0.3) is 11.1 Å². The molecule has 3 aromatic rings. The molecule has 1 amide bonds. The maximum Gasteiger partial charge on any atom is 0.247 e. The monoisotopic (exact) mass is 336 g/mol. The van der Waals surface area contributed by atoms with Gasteiger partial charge in [0.2, 0.25) is 15.9 Å². The van der Waals surface area contributed by atoms with Gasteiger partial charge in [0.25, 0.3) is 0 Å². The number of fused-ring (bicyclic) bond motifs is 1. The van der Waals surface area contributed by atoms with Crippen LogP contribution in [-0.4, -0.2) is 40.6 Å². The summed E-state index contributed by atoms with van der Waals surface area (Å²) in [7, 11) is -3.44. The molecule has 0 radical (unpaired) electrons. The fraction of sp³-hybridized carbons (Fsp3) is 0.167. The van der Waals surface area contributed by atoms with Crippen LogP contribution in [0.15, 0.2) is 35.2 Å². The highest BCUT2D eigenvalue weighted by Gasteiger charge is 2.10. The molecule has 2 aromatic heterocycles. The van der Waals surface area contributed by atoms with E-state index in [0.717, 1.165) is 11.1 Å². The van der Waals surface area contributed by atoms with Crippen molar-refractivity contribution in [1.29, 1.82) is 0 Å². The van der Waals surface area contributed by atoms with Crippen molar-refractivity contribution in [2.45, 2.75) is 6.54 Å². The SMILES string of the molecule is CS(=O)(=O)Nc1cnn(CC(=O)Nc2ccc3ocnc3c2)n1. The van der Waals surface area contributed by atoms with Crippen molar-refractivity contribution in [2.75, 3.05) is 16.3 Å². The lowest BCUT2D eigenvalue weighted by atomic mass is 10.3. The van der Waals surface area contributed by atoms with E-state index in [1.807, 2.05) is 0 Å². The molecule has 0 aliphatic heterocycles. The summed E-state index contributed by atoms with van der Waals surface area (Å²) in [6, 6.07) is 5.04. The molecule has 0 saturated heterocycles. The Morgan fingerprint density at radius 2 is 2.22 bits per heavy atom. The highest BCUT2D eigenvalue weighted by Crippen LogP contribution is 2.17. The van der Waals surface area contributed by atoms with Crippen LogP contribution in [-0.2, 0) is 21.4 Å². The summed E-state index contributed by atoms with van der Waals surface area (Å²) < 4.78 is 29.4. The summed E-state index contributed by atoms with van der Waals surface area (Å²) in [5.74, 6) is -0.321. The Kier molecular flexibility index (Phi) is 3.70. The van der Waals surface area contributed by atoms with E-state index in [1.54, 1.807) is 18.2 Å². The van der Waals surface area contributed by atoms with E-state index >= 15 is 0 Å². The van der Waals surface area contributed by atoms with Crippen molar-refractivity contribution >= 4 is 38.5 Å². The molecule has 0 spiro atoms. The Morgan fingerprint density at radius 3 is 3.00 bits per heavy atom. The first-order chi connectivity index (χ1) is 10.9. The van der Waals surface area contributed by atoms with E-state index in [2.05, 4.69) is 25.2 Å². The predicted octanol–water partition coefficient (Wildman–Crippen LogP) is 0.429. The van der Waals surface area contributed by atoms with E-state index < -0.39 is 10.0 Å². The van der Waals surface area contributed by atoms with E-state index in [1.165, 1.54) is 12.6 Å². The highest BCUT2D eigenvalue weighted by atomic mass is 32.2. The maximum absolute atomic E-state index is 12.0. The van der Waals surface area contributed by atoms with Crippen molar-refractivity contribution in [2.24, 2.45) is 0 Å². The van der Waals surface area contributed by atoms with Crippen molar-refractivity contribution in [3.05, 3.63) is 30.8 Å². The van der Waals surface area contributed by atoms with Crippen molar-refractivity contribution in [1.82, 2.24) is 20.0 Å². The third-order valence-corrected chi connectivity index (χ3v) is 3.31. The van der Waals surface area contributed by atoms with Gasteiger partial charge in [0.1, 0.15) is 12.1 Å². The zero-order valence-electron chi connectivity index (χ0n) is 11.9. The van der Waals surface area contributed by atoms with Gasteiger partial charge in [0.15, 0.2) is 17.8 Å². The Balaban J connectivity index is 1.65. The highest BCUT2D eigenvalue weighted by molar-refractivity contribution is 7.92. The van der Waals surface area contributed by atoms with Gasteiger partial charge in [-0.1, -0.05) is 0 Å². The number of hydrogen-bond donors (Lipinski definition) is 2. The molecule has 0 saturated carbocycles. The zero-order chi connectivity index (χ0) is 16.4. The van der Waals surface area contributed by atoms with Crippen LogP contribution in [0.2, 0.25) is 0 Å². The van der Waals surface area contributed by atoms with Crippen molar-refractivity contribution in [3.63, 3.8) is 0 Å². The number of hydrogen-bond acceptors (Lipinski definition) is 7. The Bertz CT molecular complexity index is 961. The topological polar surface area (TPSA) is 132 Å². The van der Waals surface area contributed by atoms with Gasteiger partial charge in [0.05, 0.1) is 12.5 Å². The average molecular weight is 336 g/mol. The number of anilines is 2. The van der Waals surface area contributed by atoms with Gasteiger partial charge in [-0.15, -0.1) is 5.10 Å². The van der Waals surface area contributed by atoms with Crippen LogP contribution in [0.1, 0.15) is 0 Å². The quantitative estimate of drug-likeness (QED) is 0.690. The summed E-state index contributed by atoms with van der Waals surface area (Å²) in [5, 5.41) is 10.3. The van der Waals surface area contributed by atoms with Gasteiger partial charge in [-0.25, -0.2) is 13.4 Å².